The maximum Gasteiger partial charge on any atom is 0.224 e. The number of hydrogen-bond acceptors (Lipinski definition) is 4. The van der Waals surface area contributed by atoms with Gasteiger partial charge in [-0.15, -0.1) is 0 Å². The Morgan fingerprint density at radius 2 is 2.29 bits per heavy atom. The molecule has 0 aliphatic carbocycles. The van der Waals surface area contributed by atoms with Crippen LogP contribution in [0.15, 0.2) is 0 Å². The molecule has 0 bridgehead atoms. The molecule has 0 saturated carbocycles. The second kappa shape index (κ2) is 6.07. The zero-order valence-corrected chi connectivity index (χ0v) is 11.3. The molecular weight excluding hydrogens is 236 g/mol. The van der Waals surface area contributed by atoms with Gasteiger partial charge in [0.15, 0.2) is 0 Å². The quantitative estimate of drug-likeness (QED) is 0.776. The number of rotatable bonds is 4. The van der Waals surface area contributed by atoms with Crippen molar-refractivity contribution in [1.82, 2.24) is 10.6 Å². The maximum absolute atomic E-state index is 12.0. The second-order valence-corrected chi connectivity index (χ2v) is 6.18. The Hall–Kier alpha value is -0.260. The van der Waals surface area contributed by atoms with Crippen molar-refractivity contribution in [3.63, 3.8) is 0 Å². The Labute approximate surface area is 107 Å². The van der Waals surface area contributed by atoms with Crippen molar-refractivity contribution >= 4 is 17.7 Å². The first-order chi connectivity index (χ1) is 8.26. The molecule has 1 atom stereocenters. The van der Waals surface area contributed by atoms with E-state index in [0.29, 0.717) is 0 Å². The highest BCUT2D eigenvalue weighted by molar-refractivity contribution is 8.00. The Balaban J connectivity index is 1.80. The van der Waals surface area contributed by atoms with Crippen molar-refractivity contribution in [2.75, 3.05) is 39.1 Å². The molecule has 2 rings (SSSR count). The van der Waals surface area contributed by atoms with E-state index in [4.69, 9.17) is 4.74 Å². The van der Waals surface area contributed by atoms with E-state index in [9.17, 15) is 4.79 Å². The molecule has 17 heavy (non-hydrogen) atoms. The Morgan fingerprint density at radius 3 is 2.88 bits per heavy atom. The van der Waals surface area contributed by atoms with E-state index < -0.39 is 0 Å². The van der Waals surface area contributed by atoms with Crippen LogP contribution in [0.25, 0.3) is 0 Å². The summed E-state index contributed by atoms with van der Waals surface area (Å²) in [6.07, 6.45) is 5.19. The van der Waals surface area contributed by atoms with Gasteiger partial charge in [0, 0.05) is 31.1 Å². The minimum Gasteiger partial charge on any atom is -0.381 e. The lowest BCUT2D eigenvalue weighted by Gasteiger charge is -2.36. The molecule has 0 aromatic rings. The van der Waals surface area contributed by atoms with Crippen molar-refractivity contribution in [2.24, 2.45) is 5.92 Å². The van der Waals surface area contributed by atoms with Gasteiger partial charge >= 0.3 is 0 Å². The Kier molecular flexibility index (Phi) is 4.70. The summed E-state index contributed by atoms with van der Waals surface area (Å²) < 4.78 is 5.59. The van der Waals surface area contributed by atoms with E-state index in [1.807, 2.05) is 11.8 Å². The van der Waals surface area contributed by atoms with Crippen LogP contribution in [-0.4, -0.2) is 49.8 Å². The van der Waals surface area contributed by atoms with Crippen molar-refractivity contribution in [3.05, 3.63) is 0 Å². The highest BCUT2D eigenvalue weighted by Gasteiger charge is 2.33. The number of hydrogen-bond donors (Lipinski definition) is 2. The summed E-state index contributed by atoms with van der Waals surface area (Å²) in [5.41, 5.74) is 0. The Bertz CT molecular complexity index is 261. The van der Waals surface area contributed by atoms with Gasteiger partial charge in [-0.05, 0) is 32.1 Å². The number of carbonyl (C=O) groups is 1. The van der Waals surface area contributed by atoms with Crippen LogP contribution in [0.1, 0.15) is 19.3 Å². The number of carbonyl (C=O) groups excluding carboxylic acids is 1. The van der Waals surface area contributed by atoms with Crippen LogP contribution < -0.4 is 10.6 Å². The van der Waals surface area contributed by atoms with Gasteiger partial charge in [-0.3, -0.25) is 4.79 Å². The highest BCUT2D eigenvalue weighted by atomic mass is 32.2. The summed E-state index contributed by atoms with van der Waals surface area (Å²) in [7, 11) is 0. The van der Waals surface area contributed by atoms with E-state index in [-0.39, 0.29) is 16.6 Å². The maximum atomic E-state index is 12.0. The fourth-order valence-electron chi connectivity index (χ4n) is 2.47. The fourth-order valence-corrected chi connectivity index (χ4v) is 3.26. The summed E-state index contributed by atoms with van der Waals surface area (Å²) in [5, 5.41) is 6.36. The molecule has 1 amide bonds. The third-order valence-electron chi connectivity index (χ3n) is 3.85. The molecule has 4 nitrogen and oxygen atoms in total. The normalized spacial score (nSPS) is 27.9. The van der Waals surface area contributed by atoms with Crippen LogP contribution in [0.3, 0.4) is 0 Å². The van der Waals surface area contributed by atoms with Gasteiger partial charge in [-0.2, -0.15) is 11.8 Å². The van der Waals surface area contributed by atoms with E-state index in [0.717, 1.165) is 52.1 Å². The Morgan fingerprint density at radius 1 is 1.53 bits per heavy atom. The molecule has 2 aliphatic rings. The first-order valence-electron chi connectivity index (χ1n) is 6.37. The number of nitrogens with one attached hydrogen (secondary N) is 2. The minimum absolute atomic E-state index is 0.175. The average Bonchev–Trinajstić information content (AvgIpc) is 2.91. The molecule has 2 N–H and O–H groups in total. The zero-order valence-electron chi connectivity index (χ0n) is 10.5. The number of thioether (sulfide) groups is 1. The topological polar surface area (TPSA) is 50.4 Å². The van der Waals surface area contributed by atoms with Crippen LogP contribution in [-0.2, 0) is 9.53 Å². The summed E-state index contributed by atoms with van der Waals surface area (Å²) in [4.78, 5) is 12.0. The smallest absolute Gasteiger partial charge is 0.224 e. The van der Waals surface area contributed by atoms with Crippen molar-refractivity contribution in [3.8, 4) is 0 Å². The third kappa shape index (κ3) is 3.36. The van der Waals surface area contributed by atoms with Crippen LogP contribution in [0, 0.1) is 5.92 Å². The van der Waals surface area contributed by atoms with Crippen LogP contribution in [0.2, 0.25) is 0 Å². The molecule has 0 aromatic carbocycles. The zero-order chi connectivity index (χ0) is 12.1. The minimum atomic E-state index is 0.175. The predicted molar refractivity (Wildman–Crippen MR) is 70.3 cm³/mol. The van der Waals surface area contributed by atoms with Crippen molar-refractivity contribution in [2.45, 2.75) is 24.0 Å². The number of amides is 1. The summed E-state index contributed by atoms with van der Waals surface area (Å²) in [6, 6.07) is 0. The largest absolute Gasteiger partial charge is 0.381 e. The van der Waals surface area contributed by atoms with E-state index in [1.54, 1.807) is 0 Å². The molecule has 2 heterocycles. The molecule has 2 saturated heterocycles. The number of ether oxygens (including phenoxy) is 1. The summed E-state index contributed by atoms with van der Waals surface area (Å²) in [6.45, 7) is 4.23. The molecular formula is C12H22N2O2S. The molecule has 2 aliphatic heterocycles. The standard InChI is InChI=1S/C12H22N2O2S/c1-17-12(3-6-16-7-4-12)9-14-11(15)10-2-5-13-8-10/h10,13H,2-9H2,1H3,(H,14,15). The van der Waals surface area contributed by atoms with Gasteiger partial charge in [0.1, 0.15) is 0 Å². The summed E-state index contributed by atoms with van der Waals surface area (Å²) in [5.74, 6) is 0.392. The first-order valence-corrected chi connectivity index (χ1v) is 7.60. The van der Waals surface area contributed by atoms with Crippen LogP contribution in [0.5, 0.6) is 0 Å². The van der Waals surface area contributed by atoms with Gasteiger partial charge < -0.3 is 15.4 Å². The molecule has 98 valence electrons. The second-order valence-electron chi connectivity index (χ2n) is 4.91. The van der Waals surface area contributed by atoms with E-state index >= 15 is 0 Å². The molecule has 5 heteroatoms. The van der Waals surface area contributed by atoms with Gasteiger partial charge in [0.2, 0.25) is 5.91 Å². The highest BCUT2D eigenvalue weighted by Crippen LogP contribution is 2.33. The SMILES string of the molecule is CSC1(CNC(=O)C2CCNC2)CCOCC1. The molecule has 2 fully saturated rings. The summed E-state index contributed by atoms with van der Waals surface area (Å²) >= 11 is 1.87. The van der Waals surface area contributed by atoms with Gasteiger partial charge in [0.05, 0.1) is 5.92 Å². The lowest BCUT2D eigenvalue weighted by Crippen LogP contribution is -2.46. The van der Waals surface area contributed by atoms with E-state index in [1.165, 1.54) is 0 Å². The van der Waals surface area contributed by atoms with Crippen molar-refractivity contribution in [1.29, 1.82) is 0 Å². The molecule has 0 aromatic heterocycles. The molecule has 1 unspecified atom stereocenters. The fraction of sp³-hybridized carbons (Fsp3) is 0.917. The van der Waals surface area contributed by atoms with Crippen LogP contribution >= 0.6 is 11.8 Å². The van der Waals surface area contributed by atoms with Crippen molar-refractivity contribution < 1.29 is 9.53 Å². The monoisotopic (exact) mass is 258 g/mol. The lowest BCUT2D eigenvalue weighted by atomic mass is 9.98. The van der Waals surface area contributed by atoms with Crippen LogP contribution in [0.4, 0.5) is 0 Å². The lowest BCUT2D eigenvalue weighted by molar-refractivity contribution is -0.124. The molecule has 0 spiro atoms. The first kappa shape index (κ1) is 13.2. The molecule has 0 radical (unpaired) electrons. The van der Waals surface area contributed by atoms with Gasteiger partial charge in [0.25, 0.3) is 0 Å². The van der Waals surface area contributed by atoms with E-state index in [2.05, 4.69) is 16.9 Å². The average molecular weight is 258 g/mol. The predicted octanol–water partition coefficient (Wildman–Crippen LogP) is 0.624. The van der Waals surface area contributed by atoms with Gasteiger partial charge in [-0.25, -0.2) is 0 Å². The van der Waals surface area contributed by atoms with Gasteiger partial charge in [-0.1, -0.05) is 0 Å². The third-order valence-corrected chi connectivity index (χ3v) is 5.27.